The van der Waals surface area contributed by atoms with Gasteiger partial charge in [-0.05, 0) is 56.3 Å². The maximum Gasteiger partial charge on any atom is 0.406 e. The SMILES string of the molecule is Cc1nn(-c2ccc(F)cc2)c(C)c1/C=C/C(=O)N(Cc1ccco1)CC(F)(F)F. The number of carbonyl (C=O) groups is 1. The first kappa shape index (κ1) is 21.4. The molecule has 5 nitrogen and oxygen atoms in total. The topological polar surface area (TPSA) is 51.3 Å². The molecule has 0 atom stereocenters. The molecule has 0 saturated carbocycles. The van der Waals surface area contributed by atoms with Crippen LogP contribution in [0.15, 0.2) is 53.2 Å². The fraction of sp³-hybridized carbons (Fsp3) is 0.238. The van der Waals surface area contributed by atoms with Crippen LogP contribution in [-0.4, -0.2) is 33.3 Å². The van der Waals surface area contributed by atoms with Gasteiger partial charge in [0.2, 0.25) is 5.91 Å². The van der Waals surface area contributed by atoms with Crippen LogP contribution in [0.2, 0.25) is 0 Å². The monoisotopic (exact) mass is 421 g/mol. The largest absolute Gasteiger partial charge is 0.467 e. The summed E-state index contributed by atoms with van der Waals surface area (Å²) in [7, 11) is 0. The zero-order valence-electron chi connectivity index (χ0n) is 16.3. The standard InChI is InChI=1S/C21H19F4N3O2/c1-14-19(15(2)28(26-14)17-7-5-16(22)6-8-17)9-10-20(29)27(13-21(23,24)25)12-18-4-3-11-30-18/h3-11H,12-13H2,1-2H3/b10-9+. The Labute approximate surface area is 170 Å². The highest BCUT2D eigenvalue weighted by atomic mass is 19.4. The van der Waals surface area contributed by atoms with E-state index < -0.39 is 18.6 Å². The summed E-state index contributed by atoms with van der Waals surface area (Å²) in [6, 6.07) is 8.76. The van der Waals surface area contributed by atoms with Crippen molar-refractivity contribution in [2.45, 2.75) is 26.6 Å². The van der Waals surface area contributed by atoms with Crippen LogP contribution in [0.3, 0.4) is 0 Å². The molecule has 0 bridgehead atoms. The van der Waals surface area contributed by atoms with E-state index in [1.807, 2.05) is 0 Å². The van der Waals surface area contributed by atoms with Gasteiger partial charge in [0, 0.05) is 17.3 Å². The fourth-order valence-electron chi connectivity index (χ4n) is 3.01. The normalized spacial score (nSPS) is 11.9. The minimum atomic E-state index is -4.55. The zero-order chi connectivity index (χ0) is 21.9. The summed E-state index contributed by atoms with van der Waals surface area (Å²) in [5.74, 6) is -0.943. The van der Waals surface area contributed by atoms with Gasteiger partial charge in [-0.3, -0.25) is 4.79 Å². The average Bonchev–Trinajstić information content (AvgIpc) is 3.27. The highest BCUT2D eigenvalue weighted by Gasteiger charge is 2.32. The Morgan fingerprint density at radius 3 is 2.50 bits per heavy atom. The third-order valence-electron chi connectivity index (χ3n) is 4.42. The maximum absolute atomic E-state index is 13.2. The molecule has 0 spiro atoms. The summed E-state index contributed by atoms with van der Waals surface area (Å²) in [5, 5.41) is 4.38. The highest BCUT2D eigenvalue weighted by molar-refractivity contribution is 5.92. The van der Waals surface area contributed by atoms with Crippen LogP contribution in [0, 0.1) is 19.7 Å². The Morgan fingerprint density at radius 2 is 1.90 bits per heavy atom. The number of halogens is 4. The van der Waals surface area contributed by atoms with Gasteiger partial charge < -0.3 is 9.32 Å². The third-order valence-corrected chi connectivity index (χ3v) is 4.42. The van der Waals surface area contributed by atoms with Crippen molar-refractivity contribution < 1.29 is 26.8 Å². The van der Waals surface area contributed by atoms with Crippen LogP contribution in [0.4, 0.5) is 17.6 Å². The fourth-order valence-corrected chi connectivity index (χ4v) is 3.01. The molecule has 0 N–H and O–H groups in total. The van der Waals surface area contributed by atoms with Gasteiger partial charge in [0.15, 0.2) is 0 Å². The molecule has 2 heterocycles. The molecule has 3 aromatic rings. The summed E-state index contributed by atoms with van der Waals surface area (Å²) >= 11 is 0. The summed E-state index contributed by atoms with van der Waals surface area (Å²) in [6.45, 7) is 1.77. The molecule has 0 radical (unpaired) electrons. The number of hydrogen-bond acceptors (Lipinski definition) is 3. The molecule has 1 amide bonds. The summed E-state index contributed by atoms with van der Waals surface area (Å²) < 4.78 is 58.6. The van der Waals surface area contributed by atoms with Gasteiger partial charge in [-0.1, -0.05) is 0 Å². The molecular formula is C21H19F4N3O2. The van der Waals surface area contributed by atoms with Gasteiger partial charge in [-0.25, -0.2) is 9.07 Å². The third kappa shape index (κ3) is 5.16. The Morgan fingerprint density at radius 1 is 1.20 bits per heavy atom. The van der Waals surface area contributed by atoms with Gasteiger partial charge in [0.05, 0.1) is 24.2 Å². The number of nitrogens with zero attached hydrogens (tertiary/aromatic N) is 3. The minimum Gasteiger partial charge on any atom is -0.467 e. The summed E-state index contributed by atoms with van der Waals surface area (Å²) in [5.41, 5.74) is 2.46. The molecule has 0 aliphatic rings. The van der Waals surface area contributed by atoms with Crippen molar-refractivity contribution in [3.05, 3.63) is 77.3 Å². The van der Waals surface area contributed by atoms with Crippen LogP contribution in [0.25, 0.3) is 11.8 Å². The van der Waals surface area contributed by atoms with Crippen molar-refractivity contribution in [3.8, 4) is 5.69 Å². The molecule has 158 valence electrons. The zero-order valence-corrected chi connectivity index (χ0v) is 16.3. The van der Waals surface area contributed by atoms with Crippen LogP contribution >= 0.6 is 0 Å². The molecule has 0 aliphatic heterocycles. The lowest BCUT2D eigenvalue weighted by molar-refractivity contribution is -0.159. The Hall–Kier alpha value is -3.36. The van der Waals surface area contributed by atoms with E-state index in [1.54, 1.807) is 30.7 Å². The van der Waals surface area contributed by atoms with E-state index in [9.17, 15) is 22.4 Å². The number of furan rings is 1. The molecule has 0 saturated heterocycles. The number of rotatable bonds is 6. The van der Waals surface area contributed by atoms with E-state index in [2.05, 4.69) is 5.10 Å². The van der Waals surface area contributed by atoms with Gasteiger partial charge in [-0.2, -0.15) is 18.3 Å². The van der Waals surface area contributed by atoms with Gasteiger partial charge in [0.25, 0.3) is 0 Å². The lowest BCUT2D eigenvalue weighted by Crippen LogP contribution is -2.37. The molecule has 9 heteroatoms. The predicted octanol–water partition coefficient (Wildman–Crippen LogP) is 4.83. The number of hydrogen-bond donors (Lipinski definition) is 0. The van der Waals surface area contributed by atoms with Crippen LogP contribution in [-0.2, 0) is 11.3 Å². The van der Waals surface area contributed by atoms with Crippen molar-refractivity contribution in [1.82, 2.24) is 14.7 Å². The van der Waals surface area contributed by atoms with Crippen molar-refractivity contribution in [2.24, 2.45) is 0 Å². The quantitative estimate of drug-likeness (QED) is 0.423. The first-order chi connectivity index (χ1) is 14.1. The minimum absolute atomic E-state index is 0.248. The number of aryl methyl sites for hydroxylation is 1. The van der Waals surface area contributed by atoms with E-state index in [1.165, 1.54) is 36.6 Å². The smallest absolute Gasteiger partial charge is 0.406 e. The molecule has 0 unspecified atom stereocenters. The van der Waals surface area contributed by atoms with E-state index in [-0.39, 0.29) is 18.1 Å². The Kier molecular flexibility index (Phi) is 6.09. The lowest BCUT2D eigenvalue weighted by atomic mass is 10.1. The highest BCUT2D eigenvalue weighted by Crippen LogP contribution is 2.21. The second-order valence-electron chi connectivity index (χ2n) is 6.69. The molecule has 2 aromatic heterocycles. The first-order valence-electron chi connectivity index (χ1n) is 9.02. The van der Waals surface area contributed by atoms with Gasteiger partial charge >= 0.3 is 6.18 Å². The van der Waals surface area contributed by atoms with E-state index in [0.29, 0.717) is 27.5 Å². The van der Waals surface area contributed by atoms with Crippen LogP contribution < -0.4 is 0 Å². The molecule has 0 aliphatic carbocycles. The first-order valence-corrected chi connectivity index (χ1v) is 9.02. The number of benzene rings is 1. The summed E-state index contributed by atoms with van der Waals surface area (Å²) in [6.07, 6.45) is -0.695. The molecule has 1 aromatic carbocycles. The summed E-state index contributed by atoms with van der Waals surface area (Å²) in [4.78, 5) is 13.1. The Balaban J connectivity index is 1.83. The number of alkyl halides is 3. The maximum atomic E-state index is 13.2. The Bertz CT molecular complexity index is 1040. The number of carbonyl (C=O) groups excluding carboxylic acids is 1. The lowest BCUT2D eigenvalue weighted by Gasteiger charge is -2.21. The second kappa shape index (κ2) is 8.56. The second-order valence-corrected chi connectivity index (χ2v) is 6.69. The average molecular weight is 421 g/mol. The van der Waals surface area contributed by atoms with Crippen LogP contribution in [0.5, 0.6) is 0 Å². The molecule has 30 heavy (non-hydrogen) atoms. The van der Waals surface area contributed by atoms with E-state index >= 15 is 0 Å². The van der Waals surface area contributed by atoms with Crippen LogP contribution in [0.1, 0.15) is 22.7 Å². The predicted molar refractivity (Wildman–Crippen MR) is 102 cm³/mol. The van der Waals surface area contributed by atoms with E-state index in [0.717, 1.165) is 6.08 Å². The van der Waals surface area contributed by atoms with Crippen molar-refractivity contribution >= 4 is 12.0 Å². The van der Waals surface area contributed by atoms with Crippen molar-refractivity contribution in [3.63, 3.8) is 0 Å². The molecular weight excluding hydrogens is 402 g/mol. The molecule has 3 rings (SSSR count). The van der Waals surface area contributed by atoms with Crippen molar-refractivity contribution in [2.75, 3.05) is 6.54 Å². The van der Waals surface area contributed by atoms with E-state index in [4.69, 9.17) is 4.42 Å². The van der Waals surface area contributed by atoms with Gasteiger partial charge in [-0.15, -0.1) is 0 Å². The number of amides is 1. The van der Waals surface area contributed by atoms with Crippen molar-refractivity contribution in [1.29, 1.82) is 0 Å². The number of aromatic nitrogens is 2. The molecule has 0 fully saturated rings. The van der Waals surface area contributed by atoms with Gasteiger partial charge in [0.1, 0.15) is 18.1 Å².